The molecule has 2 nitrogen and oxygen atoms in total. The fourth-order valence-corrected chi connectivity index (χ4v) is 2.63. The molecule has 0 amide bonds. The second kappa shape index (κ2) is 7.25. The third-order valence-corrected chi connectivity index (χ3v) is 3.61. The van der Waals surface area contributed by atoms with Gasteiger partial charge in [0, 0.05) is 17.6 Å². The molecule has 0 saturated carbocycles. The second-order valence-corrected chi connectivity index (χ2v) is 5.02. The van der Waals surface area contributed by atoms with Crippen molar-refractivity contribution in [3.8, 4) is 0 Å². The fraction of sp³-hybridized carbons (Fsp3) is 0.471. The summed E-state index contributed by atoms with van der Waals surface area (Å²) in [7, 11) is 0. The maximum atomic E-state index is 4.45. The summed E-state index contributed by atoms with van der Waals surface area (Å²) in [5, 5.41) is 4.91. The molecular weight excluding hydrogens is 232 g/mol. The van der Waals surface area contributed by atoms with E-state index in [9.17, 15) is 0 Å². The molecule has 0 bridgehead atoms. The number of unbranched alkanes of at least 4 members (excludes halogenated alkanes) is 2. The van der Waals surface area contributed by atoms with Gasteiger partial charge in [-0.15, -0.1) is 0 Å². The predicted molar refractivity (Wildman–Crippen MR) is 82.3 cm³/mol. The number of hydrogen-bond donors (Lipinski definition) is 1. The van der Waals surface area contributed by atoms with Crippen molar-refractivity contribution in [1.82, 2.24) is 10.3 Å². The van der Waals surface area contributed by atoms with Gasteiger partial charge in [0.1, 0.15) is 0 Å². The van der Waals surface area contributed by atoms with Gasteiger partial charge in [0.2, 0.25) is 0 Å². The number of para-hydroxylation sites is 1. The Hall–Kier alpha value is -1.41. The highest BCUT2D eigenvalue weighted by molar-refractivity contribution is 5.82. The van der Waals surface area contributed by atoms with E-state index in [-0.39, 0.29) is 0 Å². The topological polar surface area (TPSA) is 24.9 Å². The molecule has 0 aliphatic rings. The minimum atomic E-state index is 0.449. The van der Waals surface area contributed by atoms with Crippen molar-refractivity contribution in [2.24, 2.45) is 0 Å². The Morgan fingerprint density at radius 3 is 2.74 bits per heavy atom. The normalized spacial score (nSPS) is 12.7. The molecule has 2 heteroatoms. The zero-order chi connectivity index (χ0) is 13.5. The molecule has 0 spiro atoms. The highest BCUT2D eigenvalue weighted by Gasteiger charge is 2.12. The number of nitrogens with one attached hydrogen (secondary N) is 1. The van der Waals surface area contributed by atoms with Crippen LogP contribution in [0, 0.1) is 0 Å². The van der Waals surface area contributed by atoms with E-state index in [1.54, 1.807) is 0 Å². The van der Waals surface area contributed by atoms with Gasteiger partial charge in [-0.05, 0) is 30.7 Å². The smallest absolute Gasteiger partial charge is 0.0705 e. The molecule has 1 aromatic carbocycles. The Morgan fingerprint density at radius 2 is 1.95 bits per heavy atom. The first-order valence-corrected chi connectivity index (χ1v) is 7.43. The van der Waals surface area contributed by atoms with E-state index in [2.05, 4.69) is 54.5 Å². The van der Waals surface area contributed by atoms with Gasteiger partial charge in [-0.3, -0.25) is 4.98 Å². The lowest BCUT2D eigenvalue weighted by atomic mass is 9.97. The summed E-state index contributed by atoms with van der Waals surface area (Å²) in [5.41, 5.74) is 2.49. The Kier molecular flexibility index (Phi) is 5.34. The van der Waals surface area contributed by atoms with Crippen LogP contribution >= 0.6 is 0 Å². The molecule has 1 N–H and O–H groups in total. The van der Waals surface area contributed by atoms with Gasteiger partial charge in [-0.25, -0.2) is 0 Å². The summed E-state index contributed by atoms with van der Waals surface area (Å²) < 4.78 is 0. The standard InChI is InChI=1S/C17H24N2/c1-3-5-6-10-16(18-4-2)15-12-13-19-17-11-8-7-9-14(15)17/h7-9,11-13,16,18H,3-6,10H2,1-2H3. The molecule has 0 aliphatic heterocycles. The first kappa shape index (κ1) is 14.0. The molecule has 0 fully saturated rings. The maximum Gasteiger partial charge on any atom is 0.0705 e. The number of nitrogens with zero attached hydrogens (tertiary/aromatic N) is 1. The van der Waals surface area contributed by atoms with E-state index in [4.69, 9.17) is 0 Å². The molecule has 0 saturated heterocycles. The molecule has 102 valence electrons. The van der Waals surface area contributed by atoms with Gasteiger partial charge in [0.15, 0.2) is 0 Å². The van der Waals surface area contributed by atoms with Crippen molar-refractivity contribution in [2.45, 2.75) is 45.6 Å². The summed E-state index contributed by atoms with van der Waals surface area (Å²) in [6, 6.07) is 11.0. The zero-order valence-electron chi connectivity index (χ0n) is 12.0. The Labute approximate surface area is 116 Å². The molecule has 0 aliphatic carbocycles. The van der Waals surface area contributed by atoms with Crippen LogP contribution in [0.25, 0.3) is 10.9 Å². The van der Waals surface area contributed by atoms with Crippen molar-refractivity contribution in [2.75, 3.05) is 6.54 Å². The van der Waals surface area contributed by atoms with E-state index in [0.717, 1.165) is 12.1 Å². The van der Waals surface area contributed by atoms with Crippen LogP contribution in [-0.2, 0) is 0 Å². The largest absolute Gasteiger partial charge is 0.310 e. The SMILES string of the molecule is CCCCCC(NCC)c1ccnc2ccccc12. The van der Waals surface area contributed by atoms with Crippen molar-refractivity contribution in [1.29, 1.82) is 0 Å². The summed E-state index contributed by atoms with van der Waals surface area (Å²) in [5.74, 6) is 0. The lowest BCUT2D eigenvalue weighted by Crippen LogP contribution is -2.21. The van der Waals surface area contributed by atoms with Crippen LogP contribution in [0.2, 0.25) is 0 Å². The van der Waals surface area contributed by atoms with Crippen LogP contribution in [-0.4, -0.2) is 11.5 Å². The number of hydrogen-bond acceptors (Lipinski definition) is 2. The van der Waals surface area contributed by atoms with Gasteiger partial charge in [0.05, 0.1) is 5.52 Å². The maximum absolute atomic E-state index is 4.45. The minimum absolute atomic E-state index is 0.449. The minimum Gasteiger partial charge on any atom is -0.310 e. The van der Waals surface area contributed by atoms with Gasteiger partial charge >= 0.3 is 0 Å². The quantitative estimate of drug-likeness (QED) is 0.739. The van der Waals surface area contributed by atoms with E-state index in [1.165, 1.54) is 36.6 Å². The molecular formula is C17H24N2. The van der Waals surface area contributed by atoms with Crippen molar-refractivity contribution in [3.63, 3.8) is 0 Å². The molecule has 2 rings (SSSR count). The highest BCUT2D eigenvalue weighted by atomic mass is 14.9. The first-order valence-electron chi connectivity index (χ1n) is 7.43. The lowest BCUT2D eigenvalue weighted by molar-refractivity contribution is 0.489. The van der Waals surface area contributed by atoms with Crippen LogP contribution < -0.4 is 5.32 Å². The van der Waals surface area contributed by atoms with Gasteiger partial charge in [-0.2, -0.15) is 0 Å². The summed E-state index contributed by atoms with van der Waals surface area (Å²) in [4.78, 5) is 4.45. The van der Waals surface area contributed by atoms with Crippen molar-refractivity contribution in [3.05, 3.63) is 42.1 Å². The van der Waals surface area contributed by atoms with Gasteiger partial charge in [0.25, 0.3) is 0 Å². The van der Waals surface area contributed by atoms with Crippen molar-refractivity contribution >= 4 is 10.9 Å². The monoisotopic (exact) mass is 256 g/mol. The Balaban J connectivity index is 2.27. The zero-order valence-corrected chi connectivity index (χ0v) is 12.0. The second-order valence-electron chi connectivity index (χ2n) is 5.02. The van der Waals surface area contributed by atoms with Crippen LogP contribution in [0.15, 0.2) is 36.5 Å². The average Bonchev–Trinajstić information content (AvgIpc) is 2.46. The first-order chi connectivity index (χ1) is 9.36. The summed E-state index contributed by atoms with van der Waals surface area (Å²) in [6.07, 6.45) is 7.00. The molecule has 2 aromatic rings. The lowest BCUT2D eigenvalue weighted by Gasteiger charge is -2.20. The van der Waals surface area contributed by atoms with Crippen LogP contribution in [0.1, 0.15) is 51.1 Å². The van der Waals surface area contributed by atoms with Gasteiger partial charge in [-0.1, -0.05) is 51.3 Å². The molecule has 19 heavy (non-hydrogen) atoms. The molecule has 1 aromatic heterocycles. The third-order valence-electron chi connectivity index (χ3n) is 3.61. The molecule has 1 atom stereocenters. The Morgan fingerprint density at radius 1 is 1.11 bits per heavy atom. The van der Waals surface area contributed by atoms with Gasteiger partial charge < -0.3 is 5.32 Å². The van der Waals surface area contributed by atoms with E-state index < -0.39 is 0 Å². The third kappa shape index (κ3) is 3.54. The predicted octanol–water partition coefficient (Wildman–Crippen LogP) is 4.47. The highest BCUT2D eigenvalue weighted by Crippen LogP contribution is 2.26. The fourth-order valence-electron chi connectivity index (χ4n) is 2.63. The number of aromatic nitrogens is 1. The molecule has 0 radical (unpaired) electrons. The molecule has 1 unspecified atom stereocenters. The number of fused-ring (bicyclic) bond motifs is 1. The number of rotatable bonds is 7. The van der Waals surface area contributed by atoms with Crippen LogP contribution in [0.3, 0.4) is 0 Å². The number of benzene rings is 1. The van der Waals surface area contributed by atoms with Crippen LogP contribution in [0.4, 0.5) is 0 Å². The van der Waals surface area contributed by atoms with E-state index >= 15 is 0 Å². The Bertz CT molecular complexity index is 502. The van der Waals surface area contributed by atoms with E-state index in [1.807, 2.05) is 6.20 Å². The molecule has 1 heterocycles. The summed E-state index contributed by atoms with van der Waals surface area (Å²) >= 11 is 0. The van der Waals surface area contributed by atoms with E-state index in [0.29, 0.717) is 6.04 Å². The average molecular weight is 256 g/mol. The van der Waals surface area contributed by atoms with Crippen molar-refractivity contribution < 1.29 is 0 Å². The number of pyridine rings is 1. The summed E-state index contributed by atoms with van der Waals surface area (Å²) in [6.45, 7) is 5.44. The van der Waals surface area contributed by atoms with Crippen LogP contribution in [0.5, 0.6) is 0 Å².